The van der Waals surface area contributed by atoms with Crippen molar-refractivity contribution < 1.29 is 0 Å². The predicted molar refractivity (Wildman–Crippen MR) is 241 cm³/mol. The number of benzene rings is 8. The molecule has 0 atom stereocenters. The molecule has 1 heteroatoms. The number of hydrogen-bond acceptors (Lipinski definition) is 1. The van der Waals surface area contributed by atoms with Crippen LogP contribution < -0.4 is 4.90 Å². The molecule has 1 fully saturated rings. The first-order valence-electron chi connectivity index (χ1n) is 21.1. The molecule has 0 heterocycles. The molecule has 0 amide bonds. The van der Waals surface area contributed by atoms with E-state index in [9.17, 15) is 0 Å². The molecule has 2 spiro atoms. The molecule has 0 aromatic heterocycles. The van der Waals surface area contributed by atoms with Gasteiger partial charge in [0.2, 0.25) is 0 Å². The van der Waals surface area contributed by atoms with Crippen LogP contribution in [0.4, 0.5) is 17.1 Å². The van der Waals surface area contributed by atoms with Gasteiger partial charge < -0.3 is 4.90 Å². The Bertz CT molecular complexity index is 2930. The number of para-hydroxylation sites is 1. The van der Waals surface area contributed by atoms with E-state index < -0.39 is 0 Å². The normalized spacial score (nSPS) is 19.9. The quantitative estimate of drug-likeness (QED) is 0.173. The van der Waals surface area contributed by atoms with Gasteiger partial charge >= 0.3 is 0 Å². The van der Waals surface area contributed by atoms with E-state index >= 15 is 0 Å². The van der Waals surface area contributed by atoms with Crippen molar-refractivity contribution >= 4 is 17.1 Å². The zero-order valence-corrected chi connectivity index (χ0v) is 33.2. The van der Waals surface area contributed by atoms with Crippen LogP contribution in [0.2, 0.25) is 0 Å². The molecule has 4 aliphatic rings. The maximum Gasteiger partial charge on any atom is 0.0465 e. The minimum atomic E-state index is -0.0768. The fraction of sp³-hybridized carbons (Fsp3) is 0.158. The number of rotatable bonds is 4. The molecule has 1 nitrogen and oxygen atoms in total. The highest BCUT2D eigenvalue weighted by molar-refractivity contribution is 5.89. The molecule has 0 radical (unpaired) electrons. The van der Waals surface area contributed by atoms with Gasteiger partial charge in [-0.2, -0.15) is 0 Å². The Labute approximate surface area is 342 Å². The topological polar surface area (TPSA) is 3.24 Å². The summed E-state index contributed by atoms with van der Waals surface area (Å²) in [6, 6.07) is 71.2. The molecule has 0 aliphatic heterocycles. The Hall–Kier alpha value is -6.44. The van der Waals surface area contributed by atoms with E-state index in [0.29, 0.717) is 0 Å². The SMILES string of the molecule is CC1(C)c2ccccc2-c2ccc(N(c3ccccc3)c3ccc4c(c3)C3(CCC5(CC3)c3ccccc3-c3cc(-c6ccccc6)ccc35)c3ccccc3-4)cc21. The third kappa shape index (κ3) is 4.59. The lowest BCUT2D eigenvalue weighted by Gasteiger charge is -2.46. The van der Waals surface area contributed by atoms with E-state index in [2.05, 4.69) is 207 Å². The van der Waals surface area contributed by atoms with Crippen molar-refractivity contribution in [3.05, 3.63) is 221 Å². The highest BCUT2D eigenvalue weighted by atomic mass is 15.1. The van der Waals surface area contributed by atoms with Gasteiger partial charge in [-0.15, -0.1) is 0 Å². The standard InChI is InChI=1S/C57H45N/c1-55(2)49-22-12-9-19-43(49)46-28-26-41(36-53(46)55)58(40-17-7-4-8-18-40)42-27-29-47-44-20-10-13-23-50(44)57(54(47)37-42)33-31-56(32-34-57)51-24-14-11-21-45(51)48-35-39(25-30-52(48)56)38-15-5-3-6-16-38/h3-30,35-37H,31-34H2,1-2H3. The van der Waals surface area contributed by atoms with Gasteiger partial charge in [0, 0.05) is 33.3 Å². The second-order valence-electron chi connectivity index (χ2n) is 17.7. The van der Waals surface area contributed by atoms with Gasteiger partial charge in [0.25, 0.3) is 0 Å². The zero-order chi connectivity index (χ0) is 38.6. The van der Waals surface area contributed by atoms with Crippen LogP contribution in [0.25, 0.3) is 44.5 Å². The third-order valence-electron chi connectivity index (χ3n) is 14.7. The average Bonchev–Trinajstić information content (AvgIpc) is 3.80. The molecule has 278 valence electrons. The van der Waals surface area contributed by atoms with Crippen molar-refractivity contribution in [2.24, 2.45) is 0 Å². The Kier molecular flexibility index (Phi) is 7.13. The summed E-state index contributed by atoms with van der Waals surface area (Å²) in [5.74, 6) is 0. The van der Waals surface area contributed by atoms with Crippen LogP contribution in [0.5, 0.6) is 0 Å². The monoisotopic (exact) mass is 743 g/mol. The minimum Gasteiger partial charge on any atom is -0.310 e. The zero-order valence-electron chi connectivity index (χ0n) is 33.2. The summed E-state index contributed by atoms with van der Waals surface area (Å²) in [6.07, 6.45) is 4.43. The highest BCUT2D eigenvalue weighted by Crippen LogP contribution is 2.64. The summed E-state index contributed by atoms with van der Waals surface area (Å²) in [4.78, 5) is 2.49. The maximum atomic E-state index is 2.57. The first kappa shape index (κ1) is 33.7. The minimum absolute atomic E-state index is 0.00652. The van der Waals surface area contributed by atoms with Crippen LogP contribution >= 0.6 is 0 Å². The van der Waals surface area contributed by atoms with Gasteiger partial charge in [0.05, 0.1) is 0 Å². The molecule has 1 saturated carbocycles. The van der Waals surface area contributed by atoms with Crippen LogP contribution in [0, 0.1) is 0 Å². The molecule has 0 bridgehead atoms. The maximum absolute atomic E-state index is 2.57. The molecule has 8 aromatic rings. The van der Waals surface area contributed by atoms with Gasteiger partial charge in [0.15, 0.2) is 0 Å². The van der Waals surface area contributed by atoms with Gasteiger partial charge in [-0.05, 0) is 146 Å². The lowest BCUT2D eigenvalue weighted by atomic mass is 9.57. The van der Waals surface area contributed by atoms with E-state index in [0.717, 1.165) is 25.7 Å². The highest BCUT2D eigenvalue weighted by Gasteiger charge is 2.53. The van der Waals surface area contributed by atoms with Crippen LogP contribution in [-0.2, 0) is 16.2 Å². The number of nitrogens with zero attached hydrogens (tertiary/aromatic N) is 1. The molecule has 0 N–H and O–H groups in total. The number of hydrogen-bond donors (Lipinski definition) is 0. The molecule has 4 aliphatic carbocycles. The lowest BCUT2D eigenvalue weighted by Crippen LogP contribution is -2.39. The largest absolute Gasteiger partial charge is 0.310 e. The number of anilines is 3. The molecule has 8 aromatic carbocycles. The summed E-state index contributed by atoms with van der Waals surface area (Å²) < 4.78 is 0. The van der Waals surface area contributed by atoms with Gasteiger partial charge in [-0.25, -0.2) is 0 Å². The van der Waals surface area contributed by atoms with E-state index in [1.807, 2.05) is 0 Å². The summed E-state index contributed by atoms with van der Waals surface area (Å²) >= 11 is 0. The first-order valence-corrected chi connectivity index (χ1v) is 21.1. The predicted octanol–water partition coefficient (Wildman–Crippen LogP) is 14.9. The van der Waals surface area contributed by atoms with Crippen molar-refractivity contribution in [2.45, 2.75) is 55.8 Å². The second kappa shape index (κ2) is 12.3. The Morgan fingerprint density at radius 3 is 1.40 bits per heavy atom. The van der Waals surface area contributed by atoms with E-state index in [-0.39, 0.29) is 16.2 Å². The fourth-order valence-electron chi connectivity index (χ4n) is 11.9. The molecule has 0 unspecified atom stereocenters. The summed E-state index contributed by atoms with van der Waals surface area (Å²) in [7, 11) is 0. The van der Waals surface area contributed by atoms with Crippen LogP contribution in [0.1, 0.15) is 72.9 Å². The van der Waals surface area contributed by atoms with Crippen molar-refractivity contribution in [3.63, 3.8) is 0 Å². The van der Waals surface area contributed by atoms with E-state index in [1.54, 1.807) is 0 Å². The van der Waals surface area contributed by atoms with Gasteiger partial charge in [0.1, 0.15) is 0 Å². The molecular formula is C57H45N. The smallest absolute Gasteiger partial charge is 0.0465 e. The summed E-state index contributed by atoms with van der Waals surface area (Å²) in [6.45, 7) is 4.76. The van der Waals surface area contributed by atoms with Crippen molar-refractivity contribution in [1.29, 1.82) is 0 Å². The van der Waals surface area contributed by atoms with Gasteiger partial charge in [-0.1, -0.05) is 159 Å². The molecule has 0 saturated heterocycles. The van der Waals surface area contributed by atoms with Crippen molar-refractivity contribution in [2.75, 3.05) is 4.90 Å². The van der Waals surface area contributed by atoms with Crippen molar-refractivity contribution in [1.82, 2.24) is 0 Å². The van der Waals surface area contributed by atoms with Gasteiger partial charge in [-0.3, -0.25) is 0 Å². The Morgan fingerprint density at radius 1 is 0.310 bits per heavy atom. The van der Waals surface area contributed by atoms with Crippen LogP contribution in [-0.4, -0.2) is 0 Å². The van der Waals surface area contributed by atoms with E-state index in [1.165, 1.54) is 95.0 Å². The summed E-state index contributed by atoms with van der Waals surface area (Å²) in [5.41, 5.74) is 23.2. The number of fused-ring (bicyclic) bond motifs is 13. The Balaban J connectivity index is 0.976. The lowest BCUT2D eigenvalue weighted by molar-refractivity contribution is 0.265. The average molecular weight is 744 g/mol. The van der Waals surface area contributed by atoms with Crippen LogP contribution in [0.3, 0.4) is 0 Å². The second-order valence-corrected chi connectivity index (χ2v) is 17.7. The molecular weight excluding hydrogens is 699 g/mol. The fourth-order valence-corrected chi connectivity index (χ4v) is 11.9. The third-order valence-corrected chi connectivity index (χ3v) is 14.7. The summed E-state index contributed by atoms with van der Waals surface area (Å²) in [5, 5.41) is 0. The van der Waals surface area contributed by atoms with Crippen molar-refractivity contribution in [3.8, 4) is 44.5 Å². The molecule has 12 rings (SSSR count). The first-order chi connectivity index (χ1) is 28.5. The van der Waals surface area contributed by atoms with E-state index in [4.69, 9.17) is 0 Å². The Morgan fingerprint density at radius 2 is 0.759 bits per heavy atom. The molecule has 58 heavy (non-hydrogen) atoms. The van der Waals surface area contributed by atoms with Crippen LogP contribution in [0.15, 0.2) is 188 Å².